The molecule has 0 saturated heterocycles. The number of phenols is 1. The minimum atomic E-state index is -1.03. The first-order chi connectivity index (χ1) is 16.1. The third-order valence-corrected chi connectivity index (χ3v) is 6.74. The van der Waals surface area contributed by atoms with Crippen molar-refractivity contribution in [2.45, 2.75) is 20.8 Å². The molecule has 0 fully saturated rings. The third-order valence-electron chi connectivity index (χ3n) is 5.39. The first-order valence-electron chi connectivity index (χ1n) is 10.4. The number of hydrogen-bond donors (Lipinski definition) is 2. The molecule has 0 aliphatic carbocycles. The summed E-state index contributed by atoms with van der Waals surface area (Å²) in [6.45, 7) is 5.54. The minimum Gasteiger partial charge on any atom is -0.508 e. The van der Waals surface area contributed by atoms with Crippen LogP contribution in [-0.2, 0) is 4.79 Å². The second-order valence-corrected chi connectivity index (χ2v) is 9.47. The van der Waals surface area contributed by atoms with Gasteiger partial charge in [-0.1, -0.05) is 17.7 Å². The molecule has 34 heavy (non-hydrogen) atoms. The summed E-state index contributed by atoms with van der Waals surface area (Å²) in [4.78, 5) is 24.9. The Kier molecular flexibility index (Phi) is 6.46. The maximum Gasteiger partial charge on any atom is 0.328 e. The van der Waals surface area contributed by atoms with Crippen LogP contribution < -0.4 is 4.74 Å². The van der Waals surface area contributed by atoms with E-state index in [4.69, 9.17) is 21.4 Å². The lowest BCUT2D eigenvalue weighted by Gasteiger charge is -2.13. The number of thiophene rings is 1. The Morgan fingerprint density at radius 1 is 0.971 bits per heavy atom. The van der Waals surface area contributed by atoms with Crippen LogP contribution in [0.15, 0.2) is 54.6 Å². The van der Waals surface area contributed by atoms with Crippen molar-refractivity contribution < 1.29 is 24.5 Å². The molecule has 1 aromatic heterocycles. The van der Waals surface area contributed by atoms with Gasteiger partial charge in [0.2, 0.25) is 5.78 Å². The molecule has 3 aromatic carbocycles. The van der Waals surface area contributed by atoms with E-state index in [1.165, 1.54) is 17.4 Å². The second-order valence-electron chi connectivity index (χ2n) is 7.98. The van der Waals surface area contributed by atoms with Crippen molar-refractivity contribution >= 4 is 50.9 Å². The molecule has 0 atom stereocenters. The van der Waals surface area contributed by atoms with Crippen LogP contribution in [0.4, 0.5) is 0 Å². The van der Waals surface area contributed by atoms with Crippen LogP contribution in [-0.4, -0.2) is 22.0 Å². The van der Waals surface area contributed by atoms with E-state index in [1.807, 2.05) is 26.8 Å². The topological polar surface area (TPSA) is 83.8 Å². The van der Waals surface area contributed by atoms with E-state index in [2.05, 4.69) is 0 Å². The summed E-state index contributed by atoms with van der Waals surface area (Å²) < 4.78 is 7.03. The van der Waals surface area contributed by atoms with Crippen LogP contribution in [0.5, 0.6) is 17.2 Å². The van der Waals surface area contributed by atoms with Gasteiger partial charge in [0, 0.05) is 26.7 Å². The molecular weight excluding hydrogens is 472 g/mol. The predicted molar refractivity (Wildman–Crippen MR) is 136 cm³/mol. The Balaban J connectivity index is 1.83. The Labute approximate surface area is 205 Å². The van der Waals surface area contributed by atoms with Crippen molar-refractivity contribution in [3.8, 4) is 17.2 Å². The van der Waals surface area contributed by atoms with Gasteiger partial charge in [0.05, 0.1) is 0 Å². The molecule has 0 aliphatic heterocycles. The standard InChI is InChI=1S/C27H21ClO5S/c1-14-10-17(5-9-23(30)31)4-8-21(14)33-26-20-7-6-19(29)13-22(20)34-27(26)25(32)24-15(2)11-18(28)12-16(24)3/h4-13,29H,1-3H3,(H,30,31)/b9-5+. The fraction of sp³-hybridized carbons (Fsp3) is 0.111. The quantitative estimate of drug-likeness (QED) is 0.218. The van der Waals surface area contributed by atoms with Gasteiger partial charge in [-0.15, -0.1) is 11.3 Å². The Morgan fingerprint density at radius 3 is 2.32 bits per heavy atom. The molecule has 7 heteroatoms. The normalized spacial score (nSPS) is 11.3. The first kappa shape index (κ1) is 23.5. The average Bonchev–Trinajstić information content (AvgIpc) is 3.10. The average molecular weight is 493 g/mol. The van der Waals surface area contributed by atoms with Crippen LogP contribution in [0.2, 0.25) is 5.02 Å². The smallest absolute Gasteiger partial charge is 0.328 e. The minimum absolute atomic E-state index is 0.101. The maximum absolute atomic E-state index is 13.7. The number of fused-ring (bicyclic) bond motifs is 1. The summed E-state index contributed by atoms with van der Waals surface area (Å²) in [6, 6.07) is 13.7. The molecule has 0 saturated carbocycles. The monoisotopic (exact) mass is 492 g/mol. The zero-order valence-corrected chi connectivity index (χ0v) is 20.3. The van der Waals surface area contributed by atoms with Gasteiger partial charge in [0.1, 0.15) is 16.4 Å². The number of rotatable bonds is 6. The molecule has 0 spiro atoms. The van der Waals surface area contributed by atoms with Gasteiger partial charge in [-0.2, -0.15) is 0 Å². The van der Waals surface area contributed by atoms with Crippen molar-refractivity contribution in [1.82, 2.24) is 0 Å². The van der Waals surface area contributed by atoms with Gasteiger partial charge in [-0.05, 0) is 91.6 Å². The molecule has 0 bridgehead atoms. The molecule has 4 aromatic rings. The zero-order valence-electron chi connectivity index (χ0n) is 18.7. The fourth-order valence-electron chi connectivity index (χ4n) is 3.86. The van der Waals surface area contributed by atoms with Crippen LogP contribution in [0.1, 0.15) is 37.5 Å². The van der Waals surface area contributed by atoms with Crippen molar-refractivity contribution in [3.05, 3.63) is 92.3 Å². The van der Waals surface area contributed by atoms with E-state index in [9.17, 15) is 14.7 Å². The van der Waals surface area contributed by atoms with Gasteiger partial charge in [0.25, 0.3) is 0 Å². The van der Waals surface area contributed by atoms with Crippen molar-refractivity contribution in [2.24, 2.45) is 0 Å². The molecule has 4 rings (SSSR count). The van der Waals surface area contributed by atoms with E-state index in [0.717, 1.165) is 33.0 Å². The van der Waals surface area contributed by atoms with Gasteiger partial charge in [0.15, 0.2) is 5.75 Å². The van der Waals surface area contributed by atoms with Crippen LogP contribution in [0.3, 0.4) is 0 Å². The Hall–Kier alpha value is -3.61. The van der Waals surface area contributed by atoms with Crippen molar-refractivity contribution in [1.29, 1.82) is 0 Å². The molecule has 5 nitrogen and oxygen atoms in total. The van der Waals surface area contributed by atoms with Crippen LogP contribution >= 0.6 is 22.9 Å². The summed E-state index contributed by atoms with van der Waals surface area (Å²) in [5.41, 5.74) is 3.61. The van der Waals surface area contributed by atoms with Crippen molar-refractivity contribution in [2.75, 3.05) is 0 Å². The highest BCUT2D eigenvalue weighted by Crippen LogP contribution is 2.44. The maximum atomic E-state index is 13.7. The van der Waals surface area contributed by atoms with E-state index in [1.54, 1.807) is 42.5 Å². The van der Waals surface area contributed by atoms with E-state index >= 15 is 0 Å². The lowest BCUT2D eigenvalue weighted by molar-refractivity contribution is -0.131. The fourth-order valence-corrected chi connectivity index (χ4v) is 5.30. The van der Waals surface area contributed by atoms with Crippen LogP contribution in [0, 0.1) is 20.8 Å². The summed E-state index contributed by atoms with van der Waals surface area (Å²) >= 11 is 7.42. The highest BCUT2D eigenvalue weighted by molar-refractivity contribution is 7.21. The molecule has 0 aliphatic rings. The SMILES string of the molecule is Cc1cc(/C=C/C(=O)O)ccc1Oc1c(C(=O)c2c(C)cc(Cl)cc2C)sc2cc(O)ccc12. The Morgan fingerprint density at radius 2 is 1.68 bits per heavy atom. The molecule has 2 N–H and O–H groups in total. The van der Waals surface area contributed by atoms with E-state index in [-0.39, 0.29) is 11.5 Å². The number of aryl methyl sites for hydroxylation is 3. The predicted octanol–water partition coefficient (Wildman–Crippen LogP) is 7.31. The van der Waals surface area contributed by atoms with E-state index in [0.29, 0.717) is 32.3 Å². The molecule has 172 valence electrons. The number of ether oxygens (including phenoxy) is 1. The number of phenolic OH excluding ortho intramolecular Hbond substituents is 1. The molecule has 0 amide bonds. The highest BCUT2D eigenvalue weighted by Gasteiger charge is 2.25. The number of carbonyl (C=O) groups excluding carboxylic acids is 1. The molecule has 0 radical (unpaired) electrons. The van der Waals surface area contributed by atoms with E-state index < -0.39 is 5.97 Å². The number of carbonyl (C=O) groups is 2. The third kappa shape index (κ3) is 4.69. The molecule has 1 heterocycles. The largest absolute Gasteiger partial charge is 0.508 e. The van der Waals surface area contributed by atoms with Gasteiger partial charge < -0.3 is 14.9 Å². The number of hydrogen-bond acceptors (Lipinski definition) is 5. The number of benzene rings is 3. The number of carboxylic acid groups (broad SMARTS) is 1. The summed E-state index contributed by atoms with van der Waals surface area (Å²) in [6.07, 6.45) is 2.57. The van der Waals surface area contributed by atoms with Crippen molar-refractivity contribution in [3.63, 3.8) is 0 Å². The lowest BCUT2D eigenvalue weighted by atomic mass is 9.98. The molecular formula is C27H21ClO5S. The number of ketones is 1. The summed E-state index contributed by atoms with van der Waals surface area (Å²) in [7, 11) is 0. The lowest BCUT2D eigenvalue weighted by Crippen LogP contribution is -2.06. The summed E-state index contributed by atoms with van der Waals surface area (Å²) in [5, 5.41) is 20.1. The van der Waals surface area contributed by atoms with Gasteiger partial charge in [-0.3, -0.25) is 4.79 Å². The van der Waals surface area contributed by atoms with Gasteiger partial charge in [-0.25, -0.2) is 4.79 Å². The number of aliphatic carboxylic acids is 1. The molecule has 0 unspecified atom stereocenters. The highest BCUT2D eigenvalue weighted by atomic mass is 35.5. The van der Waals surface area contributed by atoms with Crippen LogP contribution in [0.25, 0.3) is 16.2 Å². The number of carboxylic acids is 1. The number of aromatic hydroxyl groups is 1. The number of halogens is 1. The Bertz CT molecular complexity index is 1460. The first-order valence-corrected chi connectivity index (χ1v) is 11.6. The second kappa shape index (κ2) is 9.33. The van der Waals surface area contributed by atoms with Gasteiger partial charge >= 0.3 is 5.97 Å². The zero-order chi connectivity index (χ0) is 24.6. The summed E-state index contributed by atoms with van der Waals surface area (Å²) in [5.74, 6) is -0.152.